The second-order valence-electron chi connectivity index (χ2n) is 7.47. The number of nitrogens with one attached hydrogen (secondary N) is 1. The molecule has 7 heteroatoms. The lowest BCUT2D eigenvalue weighted by atomic mass is 10.0. The topological polar surface area (TPSA) is 81.4 Å². The Morgan fingerprint density at radius 2 is 1.85 bits per heavy atom. The van der Waals surface area contributed by atoms with Gasteiger partial charge in [-0.15, -0.1) is 0 Å². The highest BCUT2D eigenvalue weighted by Gasteiger charge is 2.57. The average molecular weight is 409 g/mol. The van der Waals surface area contributed by atoms with Crippen molar-refractivity contribution in [1.82, 2.24) is 0 Å². The molecular weight excluding hydrogens is 384 g/mol. The minimum atomic E-state index is -3.67. The zero-order chi connectivity index (χ0) is 19.8. The summed E-state index contributed by atoms with van der Waals surface area (Å²) in [6.45, 7) is 7.75. The van der Waals surface area contributed by atoms with Gasteiger partial charge >= 0.3 is 0 Å². The lowest BCUT2D eigenvalue weighted by Gasteiger charge is -2.13. The lowest BCUT2D eigenvalue weighted by Crippen LogP contribution is -2.11. The molecule has 2 aromatic rings. The Labute approximate surface area is 165 Å². The second-order valence-corrected chi connectivity index (χ2v) is 9.47. The molecule has 0 aromatic heterocycles. The van der Waals surface area contributed by atoms with Gasteiger partial charge < -0.3 is 10.1 Å². The molecule has 1 saturated carbocycles. The van der Waals surface area contributed by atoms with Gasteiger partial charge in [0.2, 0.25) is 10.0 Å². The van der Waals surface area contributed by atoms with Crippen LogP contribution in [-0.2, 0) is 10.0 Å². The number of primary sulfonamides is 1. The van der Waals surface area contributed by atoms with Crippen molar-refractivity contribution in [3.8, 4) is 5.75 Å². The van der Waals surface area contributed by atoms with Gasteiger partial charge in [0.05, 0.1) is 17.2 Å². The number of rotatable bonds is 7. The summed E-state index contributed by atoms with van der Waals surface area (Å²) >= 11 is 6.13. The van der Waals surface area contributed by atoms with Crippen molar-refractivity contribution >= 4 is 27.3 Å². The van der Waals surface area contributed by atoms with Crippen molar-refractivity contribution in [3.63, 3.8) is 0 Å². The minimum absolute atomic E-state index is 0.112. The standard InChI is InChI=1S/C20H25ClN2O3S/c1-4-26-18-10-7-14(21)11-17(18)23-12-16-19(20(16,2)3)13-5-8-15(9-6-13)27(22,24)25/h5-11,16,19,23H,4,12H2,1-3H3,(H2,22,24,25)/t16-,19-/m1/s1. The maximum absolute atomic E-state index is 11.4. The first kappa shape index (κ1) is 20.0. The third-order valence-electron chi connectivity index (χ3n) is 5.37. The Morgan fingerprint density at radius 3 is 2.44 bits per heavy atom. The maximum atomic E-state index is 11.4. The summed E-state index contributed by atoms with van der Waals surface area (Å²) in [7, 11) is -3.67. The van der Waals surface area contributed by atoms with Crippen LogP contribution >= 0.6 is 11.6 Å². The van der Waals surface area contributed by atoms with Gasteiger partial charge in [-0.05, 0) is 60.1 Å². The molecule has 1 fully saturated rings. The molecule has 0 heterocycles. The van der Waals surface area contributed by atoms with Gasteiger partial charge in [-0.25, -0.2) is 13.6 Å². The van der Waals surface area contributed by atoms with Crippen LogP contribution in [0.25, 0.3) is 0 Å². The van der Waals surface area contributed by atoms with E-state index >= 15 is 0 Å². The van der Waals surface area contributed by atoms with Crippen LogP contribution in [0.3, 0.4) is 0 Å². The van der Waals surface area contributed by atoms with Crippen LogP contribution in [0, 0.1) is 11.3 Å². The second kappa shape index (κ2) is 7.34. The zero-order valence-electron chi connectivity index (χ0n) is 15.7. The van der Waals surface area contributed by atoms with Crippen LogP contribution in [0.1, 0.15) is 32.3 Å². The van der Waals surface area contributed by atoms with Gasteiger partial charge in [0, 0.05) is 11.6 Å². The van der Waals surface area contributed by atoms with Crippen molar-refractivity contribution in [2.45, 2.75) is 31.6 Å². The molecule has 2 atom stereocenters. The molecule has 0 spiro atoms. The Hall–Kier alpha value is -1.76. The van der Waals surface area contributed by atoms with Gasteiger partial charge in [0.1, 0.15) is 5.75 Å². The lowest BCUT2D eigenvalue weighted by molar-refractivity contribution is 0.341. The molecule has 3 N–H and O–H groups in total. The highest BCUT2D eigenvalue weighted by atomic mass is 35.5. The Bertz CT molecular complexity index is 927. The van der Waals surface area contributed by atoms with Crippen molar-refractivity contribution in [2.24, 2.45) is 16.5 Å². The monoisotopic (exact) mass is 408 g/mol. The Balaban J connectivity index is 1.73. The predicted molar refractivity (Wildman–Crippen MR) is 109 cm³/mol. The van der Waals surface area contributed by atoms with Crippen LogP contribution < -0.4 is 15.2 Å². The van der Waals surface area contributed by atoms with Crippen LogP contribution in [-0.4, -0.2) is 21.6 Å². The van der Waals surface area contributed by atoms with E-state index in [0.29, 0.717) is 23.5 Å². The van der Waals surface area contributed by atoms with E-state index in [-0.39, 0.29) is 10.3 Å². The molecule has 3 rings (SSSR count). The van der Waals surface area contributed by atoms with Gasteiger partial charge in [0.15, 0.2) is 0 Å². The maximum Gasteiger partial charge on any atom is 0.238 e. The summed E-state index contributed by atoms with van der Waals surface area (Å²) in [6, 6.07) is 12.4. The number of ether oxygens (including phenoxy) is 1. The minimum Gasteiger partial charge on any atom is -0.492 e. The van der Waals surface area contributed by atoms with E-state index in [0.717, 1.165) is 23.5 Å². The van der Waals surface area contributed by atoms with E-state index in [1.807, 2.05) is 37.3 Å². The molecule has 27 heavy (non-hydrogen) atoms. The summed E-state index contributed by atoms with van der Waals surface area (Å²) in [5.74, 6) is 1.54. The summed E-state index contributed by atoms with van der Waals surface area (Å²) < 4.78 is 28.5. The molecule has 2 aromatic carbocycles. The SMILES string of the molecule is CCOc1ccc(Cl)cc1NC[C@@H]1[C@@H](c2ccc(S(N)(=O)=O)cc2)C1(C)C. The van der Waals surface area contributed by atoms with Crippen molar-refractivity contribution in [3.05, 3.63) is 53.1 Å². The number of hydrogen-bond donors (Lipinski definition) is 2. The summed E-state index contributed by atoms with van der Waals surface area (Å²) in [5.41, 5.74) is 2.12. The number of halogens is 1. The fraction of sp³-hybridized carbons (Fsp3) is 0.400. The van der Waals surface area contributed by atoms with E-state index in [2.05, 4.69) is 19.2 Å². The zero-order valence-corrected chi connectivity index (χ0v) is 17.3. The molecule has 0 saturated heterocycles. The molecular formula is C20H25ClN2O3S. The molecule has 0 amide bonds. The number of benzene rings is 2. The van der Waals surface area contributed by atoms with Crippen molar-refractivity contribution < 1.29 is 13.2 Å². The summed E-state index contributed by atoms with van der Waals surface area (Å²) in [5, 5.41) is 9.31. The van der Waals surface area contributed by atoms with E-state index in [1.54, 1.807) is 12.1 Å². The largest absolute Gasteiger partial charge is 0.492 e. The third kappa shape index (κ3) is 4.23. The molecule has 1 aliphatic rings. The van der Waals surface area contributed by atoms with Crippen LogP contribution in [0.15, 0.2) is 47.4 Å². The summed E-state index contributed by atoms with van der Waals surface area (Å²) in [6.07, 6.45) is 0. The van der Waals surface area contributed by atoms with Crippen LogP contribution in [0.2, 0.25) is 5.02 Å². The third-order valence-corrected chi connectivity index (χ3v) is 6.54. The molecule has 0 bridgehead atoms. The molecule has 0 unspecified atom stereocenters. The van der Waals surface area contributed by atoms with Gasteiger partial charge in [-0.3, -0.25) is 0 Å². The van der Waals surface area contributed by atoms with E-state index in [4.69, 9.17) is 21.5 Å². The molecule has 0 aliphatic heterocycles. The molecule has 1 aliphatic carbocycles. The average Bonchev–Trinajstić information content (AvgIpc) is 3.15. The van der Waals surface area contributed by atoms with Gasteiger partial charge in [0.25, 0.3) is 0 Å². The summed E-state index contributed by atoms with van der Waals surface area (Å²) in [4.78, 5) is 0.139. The number of sulfonamides is 1. The van der Waals surface area contributed by atoms with E-state index in [9.17, 15) is 8.42 Å². The smallest absolute Gasteiger partial charge is 0.238 e. The number of nitrogens with two attached hydrogens (primary N) is 1. The molecule has 146 valence electrons. The van der Waals surface area contributed by atoms with Crippen molar-refractivity contribution in [2.75, 3.05) is 18.5 Å². The fourth-order valence-corrected chi connectivity index (χ4v) is 4.48. The van der Waals surface area contributed by atoms with E-state index < -0.39 is 10.0 Å². The van der Waals surface area contributed by atoms with Crippen molar-refractivity contribution in [1.29, 1.82) is 0 Å². The number of anilines is 1. The van der Waals surface area contributed by atoms with Gasteiger partial charge in [-0.1, -0.05) is 37.6 Å². The first-order valence-corrected chi connectivity index (χ1v) is 10.9. The number of hydrogen-bond acceptors (Lipinski definition) is 4. The normalized spacial score (nSPS) is 20.9. The Morgan fingerprint density at radius 1 is 1.19 bits per heavy atom. The van der Waals surface area contributed by atoms with E-state index in [1.165, 1.54) is 0 Å². The van der Waals surface area contributed by atoms with Crippen LogP contribution in [0.5, 0.6) is 5.75 Å². The molecule has 5 nitrogen and oxygen atoms in total. The van der Waals surface area contributed by atoms with Gasteiger partial charge in [-0.2, -0.15) is 0 Å². The highest BCUT2D eigenvalue weighted by Crippen LogP contribution is 2.64. The van der Waals surface area contributed by atoms with Crippen LogP contribution in [0.4, 0.5) is 5.69 Å². The highest BCUT2D eigenvalue weighted by molar-refractivity contribution is 7.89. The predicted octanol–water partition coefficient (Wildman–Crippen LogP) is 4.24. The fourth-order valence-electron chi connectivity index (χ4n) is 3.79. The first-order valence-electron chi connectivity index (χ1n) is 8.93. The Kier molecular flexibility index (Phi) is 5.43. The quantitative estimate of drug-likeness (QED) is 0.717. The first-order chi connectivity index (χ1) is 12.6. The molecule has 0 radical (unpaired) electrons.